The highest BCUT2D eigenvalue weighted by atomic mass is 127. The van der Waals surface area contributed by atoms with Crippen LogP contribution in [0.1, 0.15) is 39.0 Å². The zero-order chi connectivity index (χ0) is 6.95. The van der Waals surface area contributed by atoms with Gasteiger partial charge in [-0.1, -0.05) is 54.9 Å². The molecule has 0 atom stereocenters. The molecule has 0 aromatic heterocycles. The van der Waals surface area contributed by atoms with Crippen molar-refractivity contribution < 1.29 is 0 Å². The van der Waals surface area contributed by atoms with Crippen LogP contribution in [0.25, 0.3) is 0 Å². The topological polar surface area (TPSA) is 0 Å². The summed E-state index contributed by atoms with van der Waals surface area (Å²) < 4.78 is 2.10. The summed E-state index contributed by atoms with van der Waals surface area (Å²) in [5.41, 5.74) is 0. The molecule has 0 bridgehead atoms. The van der Waals surface area contributed by atoms with Gasteiger partial charge in [-0.2, -0.15) is 0 Å². The molecule has 0 radical (unpaired) electrons. The fraction of sp³-hybridized carbons (Fsp3) is 0.750. The van der Waals surface area contributed by atoms with Crippen LogP contribution in [0, 0.1) is 0 Å². The van der Waals surface area contributed by atoms with Crippen molar-refractivity contribution in [2.24, 2.45) is 0 Å². The van der Waals surface area contributed by atoms with Crippen LogP contribution < -0.4 is 0 Å². The first-order chi connectivity index (χ1) is 4.41. The zero-order valence-corrected chi connectivity index (χ0v) is 8.23. The third-order valence-corrected chi connectivity index (χ3v) is 1.82. The third kappa shape index (κ3) is 8.47. The molecule has 0 N–H and O–H groups in total. The highest BCUT2D eigenvalue weighted by Gasteiger charge is 1.82. The second kappa shape index (κ2) is 8.47. The molecular weight excluding hydrogens is 223 g/mol. The Morgan fingerprint density at radius 3 is 2.56 bits per heavy atom. The van der Waals surface area contributed by atoms with E-state index >= 15 is 0 Å². The van der Waals surface area contributed by atoms with Crippen molar-refractivity contribution in [3.8, 4) is 0 Å². The maximum absolute atomic E-state index is 2.27. The summed E-state index contributed by atoms with van der Waals surface area (Å²) in [5.74, 6) is 0. The Balaban J connectivity index is 2.75. The second-order valence-electron chi connectivity index (χ2n) is 2.21. The zero-order valence-electron chi connectivity index (χ0n) is 6.07. The first-order valence-corrected chi connectivity index (χ1v) is 4.91. The molecule has 0 aromatic carbocycles. The number of allylic oxidation sites excluding steroid dienone is 1. The molecule has 0 rings (SSSR count). The number of rotatable bonds is 5. The fourth-order valence-electron chi connectivity index (χ4n) is 0.752. The van der Waals surface area contributed by atoms with E-state index in [9.17, 15) is 0 Å². The normalized spacial score (nSPS) is 10.9. The van der Waals surface area contributed by atoms with E-state index in [-0.39, 0.29) is 0 Å². The molecule has 9 heavy (non-hydrogen) atoms. The molecule has 1 heteroatoms. The molecular formula is C8H15I. The Hall–Kier alpha value is 0.470. The molecule has 0 spiro atoms. The summed E-state index contributed by atoms with van der Waals surface area (Å²) in [6.07, 6.45) is 9.01. The van der Waals surface area contributed by atoms with Crippen molar-refractivity contribution in [2.45, 2.75) is 39.0 Å². The van der Waals surface area contributed by atoms with Crippen molar-refractivity contribution in [3.63, 3.8) is 0 Å². The highest BCUT2D eigenvalue weighted by molar-refractivity contribution is 14.1. The van der Waals surface area contributed by atoms with Crippen molar-refractivity contribution in [3.05, 3.63) is 10.2 Å². The Morgan fingerprint density at radius 1 is 1.22 bits per heavy atom. The van der Waals surface area contributed by atoms with E-state index < -0.39 is 0 Å². The summed E-state index contributed by atoms with van der Waals surface area (Å²) >= 11 is 2.27. The van der Waals surface area contributed by atoms with Crippen molar-refractivity contribution in [1.29, 1.82) is 0 Å². The summed E-state index contributed by atoms with van der Waals surface area (Å²) in [7, 11) is 0. The van der Waals surface area contributed by atoms with Crippen LogP contribution in [-0.4, -0.2) is 0 Å². The van der Waals surface area contributed by atoms with Crippen molar-refractivity contribution >= 4 is 22.6 Å². The summed E-state index contributed by atoms with van der Waals surface area (Å²) in [4.78, 5) is 0. The van der Waals surface area contributed by atoms with Crippen LogP contribution >= 0.6 is 22.6 Å². The Bertz CT molecular complexity index is 67.0. The maximum atomic E-state index is 2.27. The van der Waals surface area contributed by atoms with Gasteiger partial charge in [0, 0.05) is 0 Å². The van der Waals surface area contributed by atoms with Crippen LogP contribution in [0.3, 0.4) is 0 Å². The van der Waals surface area contributed by atoms with Crippen molar-refractivity contribution in [1.82, 2.24) is 0 Å². The number of hydrogen-bond donors (Lipinski definition) is 0. The monoisotopic (exact) mass is 238 g/mol. The molecule has 0 unspecified atom stereocenters. The van der Waals surface area contributed by atoms with E-state index in [0.717, 1.165) is 0 Å². The van der Waals surface area contributed by atoms with Crippen LogP contribution in [-0.2, 0) is 0 Å². The van der Waals surface area contributed by atoms with Crippen LogP contribution in [0.2, 0.25) is 0 Å². The van der Waals surface area contributed by atoms with Crippen LogP contribution in [0.15, 0.2) is 10.2 Å². The molecule has 0 saturated carbocycles. The van der Waals surface area contributed by atoms with Gasteiger partial charge in [0.2, 0.25) is 0 Å². The third-order valence-electron chi connectivity index (χ3n) is 1.31. The fourth-order valence-corrected chi connectivity index (χ4v) is 1.11. The maximum Gasteiger partial charge on any atom is -0.0274 e. The summed E-state index contributed by atoms with van der Waals surface area (Å²) in [6, 6.07) is 0. The molecule has 0 nitrogen and oxygen atoms in total. The lowest BCUT2D eigenvalue weighted by molar-refractivity contribution is 0.675. The minimum absolute atomic E-state index is 1.27. The van der Waals surface area contributed by atoms with E-state index in [1.165, 1.54) is 32.1 Å². The molecule has 0 heterocycles. The standard InChI is InChI=1S/C8H15I/c1-2-3-4-5-6-7-8-9/h7-8H,2-6H2,1H3. The molecule has 0 fully saturated rings. The molecule has 0 aliphatic heterocycles. The minimum atomic E-state index is 1.27. The quantitative estimate of drug-likeness (QED) is 0.503. The van der Waals surface area contributed by atoms with Gasteiger partial charge in [0.25, 0.3) is 0 Å². The Morgan fingerprint density at radius 2 is 2.00 bits per heavy atom. The Kier molecular flexibility index (Phi) is 8.91. The smallest absolute Gasteiger partial charge is 0.0274 e. The minimum Gasteiger partial charge on any atom is -0.0785 e. The summed E-state index contributed by atoms with van der Waals surface area (Å²) in [5, 5.41) is 0. The predicted octanol–water partition coefficient (Wildman–Crippen LogP) is 3.91. The van der Waals surface area contributed by atoms with Gasteiger partial charge in [0.1, 0.15) is 0 Å². The predicted molar refractivity (Wildman–Crippen MR) is 51.9 cm³/mol. The lowest BCUT2D eigenvalue weighted by atomic mass is 10.2. The van der Waals surface area contributed by atoms with E-state index in [1.54, 1.807) is 0 Å². The van der Waals surface area contributed by atoms with E-state index in [1.807, 2.05) is 0 Å². The van der Waals surface area contributed by atoms with Crippen LogP contribution in [0.5, 0.6) is 0 Å². The first kappa shape index (κ1) is 9.47. The first-order valence-electron chi connectivity index (χ1n) is 3.67. The number of unbranched alkanes of at least 4 members (excludes halogenated alkanes) is 4. The lowest BCUT2D eigenvalue weighted by Gasteiger charge is -1.92. The second-order valence-corrected chi connectivity index (χ2v) is 2.93. The SMILES string of the molecule is CCCCCCC=CI. The Labute approximate surface area is 71.9 Å². The largest absolute Gasteiger partial charge is 0.0785 e. The summed E-state index contributed by atoms with van der Waals surface area (Å²) in [6.45, 7) is 2.24. The molecule has 0 aliphatic rings. The van der Waals surface area contributed by atoms with Gasteiger partial charge < -0.3 is 0 Å². The molecule has 0 aliphatic carbocycles. The average Bonchev–Trinajstić information content (AvgIpc) is 1.89. The van der Waals surface area contributed by atoms with Gasteiger partial charge in [-0.3, -0.25) is 0 Å². The van der Waals surface area contributed by atoms with E-state index in [4.69, 9.17) is 0 Å². The van der Waals surface area contributed by atoms with E-state index in [2.05, 4.69) is 39.7 Å². The van der Waals surface area contributed by atoms with Gasteiger partial charge in [-0.25, -0.2) is 0 Å². The van der Waals surface area contributed by atoms with Gasteiger partial charge in [-0.15, -0.1) is 0 Å². The van der Waals surface area contributed by atoms with Gasteiger partial charge in [-0.05, 0) is 16.9 Å². The van der Waals surface area contributed by atoms with E-state index in [0.29, 0.717) is 0 Å². The molecule has 54 valence electrons. The van der Waals surface area contributed by atoms with Gasteiger partial charge in [0.05, 0.1) is 0 Å². The highest BCUT2D eigenvalue weighted by Crippen LogP contribution is 2.03. The molecule has 0 aromatic rings. The average molecular weight is 238 g/mol. The molecule has 0 amide bonds. The van der Waals surface area contributed by atoms with Gasteiger partial charge in [0.15, 0.2) is 0 Å². The number of halogens is 1. The molecule has 0 saturated heterocycles. The number of hydrogen-bond acceptors (Lipinski definition) is 0. The lowest BCUT2D eigenvalue weighted by Crippen LogP contribution is -1.72. The van der Waals surface area contributed by atoms with Crippen LogP contribution in [0.4, 0.5) is 0 Å². The van der Waals surface area contributed by atoms with Crippen molar-refractivity contribution in [2.75, 3.05) is 0 Å². The van der Waals surface area contributed by atoms with Gasteiger partial charge >= 0.3 is 0 Å².